The Kier molecular flexibility index (Phi) is 8.74. The predicted molar refractivity (Wildman–Crippen MR) is 144 cm³/mol. The standard InChI is InChI=1S/C28H37N5O3/c1-8-15-33-18-21(19(2)32-33)17-29-27(30-23-13-14-24(35-6)25(16-23)36-7)31-26(34)20-9-11-22(12-10-20)28(3,4)5/h9-14,16,18H,8,15,17H2,1-7H3,(H2,29,30,31,34). The molecule has 0 unspecified atom stereocenters. The molecule has 0 saturated carbocycles. The van der Waals surface area contributed by atoms with Gasteiger partial charge in [-0.2, -0.15) is 5.10 Å². The smallest absolute Gasteiger partial charge is 0.257 e. The van der Waals surface area contributed by atoms with Gasteiger partial charge in [0.2, 0.25) is 5.96 Å². The molecular weight excluding hydrogens is 454 g/mol. The number of nitrogens with zero attached hydrogens (tertiary/aromatic N) is 3. The number of hydrogen-bond donors (Lipinski definition) is 2. The molecule has 0 aliphatic carbocycles. The van der Waals surface area contributed by atoms with Gasteiger partial charge in [-0.3, -0.25) is 14.8 Å². The molecule has 3 aromatic rings. The van der Waals surface area contributed by atoms with Crippen molar-refractivity contribution in [2.24, 2.45) is 4.99 Å². The van der Waals surface area contributed by atoms with Crippen LogP contribution in [0.1, 0.15) is 61.3 Å². The lowest BCUT2D eigenvalue weighted by molar-refractivity contribution is 0.0977. The summed E-state index contributed by atoms with van der Waals surface area (Å²) in [7, 11) is 3.17. The van der Waals surface area contributed by atoms with E-state index >= 15 is 0 Å². The third-order valence-electron chi connectivity index (χ3n) is 5.80. The molecule has 1 heterocycles. The number of anilines is 1. The summed E-state index contributed by atoms with van der Waals surface area (Å²) in [5.41, 5.74) is 4.35. The van der Waals surface area contributed by atoms with E-state index in [2.05, 4.69) is 43.4 Å². The van der Waals surface area contributed by atoms with Crippen molar-refractivity contribution in [2.45, 2.75) is 59.5 Å². The van der Waals surface area contributed by atoms with Crippen LogP contribution < -0.4 is 20.1 Å². The first-order valence-corrected chi connectivity index (χ1v) is 12.1. The number of methoxy groups -OCH3 is 2. The molecule has 8 nitrogen and oxygen atoms in total. The summed E-state index contributed by atoms with van der Waals surface area (Å²) in [5, 5.41) is 10.7. The van der Waals surface area contributed by atoms with Crippen molar-refractivity contribution in [1.82, 2.24) is 15.1 Å². The maximum absolute atomic E-state index is 13.1. The highest BCUT2D eigenvalue weighted by Gasteiger charge is 2.16. The minimum absolute atomic E-state index is 0.0106. The molecule has 0 bridgehead atoms. The van der Waals surface area contributed by atoms with Gasteiger partial charge < -0.3 is 14.8 Å². The van der Waals surface area contributed by atoms with Gasteiger partial charge in [-0.15, -0.1) is 0 Å². The normalized spacial score (nSPS) is 11.8. The third-order valence-corrected chi connectivity index (χ3v) is 5.80. The van der Waals surface area contributed by atoms with E-state index in [1.807, 2.05) is 48.1 Å². The van der Waals surface area contributed by atoms with Crippen molar-refractivity contribution >= 4 is 17.6 Å². The van der Waals surface area contributed by atoms with Crippen molar-refractivity contribution in [3.63, 3.8) is 0 Å². The van der Waals surface area contributed by atoms with Gasteiger partial charge in [0.1, 0.15) is 0 Å². The molecule has 0 fully saturated rings. The van der Waals surface area contributed by atoms with Crippen molar-refractivity contribution in [2.75, 3.05) is 19.5 Å². The van der Waals surface area contributed by atoms with Gasteiger partial charge in [-0.05, 0) is 48.6 Å². The van der Waals surface area contributed by atoms with Crippen molar-refractivity contribution < 1.29 is 14.3 Å². The fraction of sp³-hybridized carbons (Fsp3) is 0.393. The Balaban J connectivity index is 1.86. The van der Waals surface area contributed by atoms with Gasteiger partial charge >= 0.3 is 0 Å². The van der Waals surface area contributed by atoms with Gasteiger partial charge in [0.05, 0.1) is 26.5 Å². The fourth-order valence-corrected chi connectivity index (χ4v) is 3.68. The quantitative estimate of drug-likeness (QED) is 0.329. The van der Waals surface area contributed by atoms with Gasteiger partial charge in [-0.1, -0.05) is 39.8 Å². The van der Waals surface area contributed by atoms with Crippen molar-refractivity contribution in [3.05, 3.63) is 71.0 Å². The molecule has 0 radical (unpaired) electrons. The molecule has 1 amide bonds. The Labute approximate surface area is 213 Å². The van der Waals surface area contributed by atoms with Crippen LogP contribution in [0.15, 0.2) is 53.7 Å². The van der Waals surface area contributed by atoms with Crippen LogP contribution >= 0.6 is 0 Å². The van der Waals surface area contributed by atoms with E-state index in [0.29, 0.717) is 35.3 Å². The summed E-state index contributed by atoms with van der Waals surface area (Å²) in [6.07, 6.45) is 3.00. The first kappa shape index (κ1) is 26.8. The summed E-state index contributed by atoms with van der Waals surface area (Å²) in [4.78, 5) is 17.8. The van der Waals surface area contributed by atoms with E-state index in [-0.39, 0.29) is 11.3 Å². The van der Waals surface area contributed by atoms with Gasteiger partial charge in [0.15, 0.2) is 11.5 Å². The largest absolute Gasteiger partial charge is 0.493 e. The number of guanidine groups is 1. The Morgan fingerprint density at radius 3 is 2.36 bits per heavy atom. The zero-order chi connectivity index (χ0) is 26.3. The summed E-state index contributed by atoms with van der Waals surface area (Å²) in [6, 6.07) is 13.1. The van der Waals surface area contributed by atoms with Gasteiger partial charge in [-0.25, -0.2) is 4.99 Å². The SMILES string of the molecule is CCCn1cc(CN=C(NC(=O)c2ccc(C(C)(C)C)cc2)Nc2ccc(OC)c(OC)c2)c(C)n1. The maximum atomic E-state index is 13.1. The topological polar surface area (TPSA) is 89.8 Å². The van der Waals surface area contributed by atoms with E-state index in [0.717, 1.165) is 29.8 Å². The third kappa shape index (κ3) is 6.87. The number of aliphatic imine (C=N–C) groups is 1. The average molecular weight is 492 g/mol. The number of carbonyl (C=O) groups is 1. The van der Waals surface area contributed by atoms with Crippen LogP contribution in [-0.4, -0.2) is 35.9 Å². The number of carbonyl (C=O) groups excluding carboxylic acids is 1. The molecule has 36 heavy (non-hydrogen) atoms. The summed E-state index contributed by atoms with van der Waals surface area (Å²) >= 11 is 0. The molecule has 2 aromatic carbocycles. The van der Waals surface area contributed by atoms with Crippen LogP contribution in [0.2, 0.25) is 0 Å². The van der Waals surface area contributed by atoms with Crippen LogP contribution in [-0.2, 0) is 18.5 Å². The number of benzene rings is 2. The van der Waals surface area contributed by atoms with Crippen molar-refractivity contribution in [1.29, 1.82) is 0 Å². The molecule has 0 aliphatic rings. The average Bonchev–Trinajstić information content (AvgIpc) is 3.20. The van der Waals surface area contributed by atoms with Crippen LogP contribution in [0.4, 0.5) is 5.69 Å². The summed E-state index contributed by atoms with van der Waals surface area (Å²) < 4.78 is 12.7. The number of ether oxygens (including phenoxy) is 2. The highest BCUT2D eigenvalue weighted by atomic mass is 16.5. The van der Waals surface area contributed by atoms with E-state index < -0.39 is 0 Å². The molecule has 3 rings (SSSR count). The molecule has 8 heteroatoms. The lowest BCUT2D eigenvalue weighted by Gasteiger charge is -2.19. The number of hydrogen-bond acceptors (Lipinski definition) is 5. The van der Waals surface area contributed by atoms with Crippen LogP contribution in [0.5, 0.6) is 11.5 Å². The molecular formula is C28H37N5O3. The summed E-state index contributed by atoms with van der Waals surface area (Å²) in [6.45, 7) is 11.7. The maximum Gasteiger partial charge on any atom is 0.257 e. The Morgan fingerprint density at radius 1 is 1.06 bits per heavy atom. The minimum atomic E-state index is -0.249. The monoisotopic (exact) mass is 491 g/mol. The number of aromatic nitrogens is 2. The van der Waals surface area contributed by atoms with Crippen molar-refractivity contribution in [3.8, 4) is 11.5 Å². The van der Waals surface area contributed by atoms with Crippen LogP contribution in [0.25, 0.3) is 0 Å². The lowest BCUT2D eigenvalue weighted by atomic mass is 9.87. The van der Waals surface area contributed by atoms with E-state index in [9.17, 15) is 4.79 Å². The zero-order valence-electron chi connectivity index (χ0n) is 22.3. The molecule has 0 atom stereocenters. The molecule has 0 saturated heterocycles. The molecule has 2 N–H and O–H groups in total. The van der Waals surface area contributed by atoms with Gasteiger partial charge in [0, 0.05) is 35.6 Å². The number of rotatable bonds is 8. The summed E-state index contributed by atoms with van der Waals surface area (Å²) in [5.74, 6) is 1.27. The molecule has 0 aliphatic heterocycles. The molecule has 1 aromatic heterocycles. The van der Waals surface area contributed by atoms with E-state index in [1.54, 1.807) is 26.4 Å². The first-order chi connectivity index (χ1) is 17.1. The lowest BCUT2D eigenvalue weighted by Crippen LogP contribution is -2.36. The Morgan fingerprint density at radius 2 is 1.75 bits per heavy atom. The number of amides is 1. The van der Waals surface area contributed by atoms with Gasteiger partial charge in [0.25, 0.3) is 5.91 Å². The van der Waals surface area contributed by atoms with Crippen LogP contribution in [0, 0.1) is 6.92 Å². The van der Waals surface area contributed by atoms with E-state index in [1.165, 1.54) is 0 Å². The predicted octanol–water partition coefficient (Wildman–Crippen LogP) is 5.31. The molecule has 192 valence electrons. The molecule has 0 spiro atoms. The first-order valence-electron chi connectivity index (χ1n) is 12.1. The second kappa shape index (κ2) is 11.7. The highest BCUT2D eigenvalue weighted by Crippen LogP contribution is 2.29. The highest BCUT2D eigenvalue weighted by molar-refractivity contribution is 6.10. The minimum Gasteiger partial charge on any atom is -0.493 e. The Hall–Kier alpha value is -3.81. The Bertz CT molecular complexity index is 1210. The van der Waals surface area contributed by atoms with Crippen LogP contribution in [0.3, 0.4) is 0 Å². The fourth-order valence-electron chi connectivity index (χ4n) is 3.68. The zero-order valence-corrected chi connectivity index (χ0v) is 22.3. The second-order valence-electron chi connectivity index (χ2n) is 9.64. The second-order valence-corrected chi connectivity index (χ2v) is 9.64. The number of nitrogens with one attached hydrogen (secondary N) is 2. The van der Waals surface area contributed by atoms with E-state index in [4.69, 9.17) is 14.5 Å². The number of aryl methyl sites for hydroxylation is 2.